The van der Waals surface area contributed by atoms with E-state index < -0.39 is 0 Å². The van der Waals surface area contributed by atoms with Crippen molar-refractivity contribution >= 4 is 33.2 Å². The van der Waals surface area contributed by atoms with Gasteiger partial charge in [0.05, 0.1) is 24.3 Å². The summed E-state index contributed by atoms with van der Waals surface area (Å²) in [6.07, 6.45) is 5.82. The van der Waals surface area contributed by atoms with Gasteiger partial charge in [-0.25, -0.2) is 9.83 Å². The van der Waals surface area contributed by atoms with Crippen molar-refractivity contribution in [2.75, 3.05) is 18.6 Å². The molecule has 0 aliphatic carbocycles. The quantitative estimate of drug-likeness (QED) is 0.290. The molecule has 3 heterocycles. The molecule has 0 saturated heterocycles. The third kappa shape index (κ3) is 3.40. The second-order valence-electron chi connectivity index (χ2n) is 8.28. The molecule has 164 valence electrons. The van der Waals surface area contributed by atoms with Gasteiger partial charge in [-0.1, -0.05) is 24.3 Å². The van der Waals surface area contributed by atoms with Gasteiger partial charge in [0.15, 0.2) is 5.69 Å². The van der Waals surface area contributed by atoms with Crippen LogP contribution in [-0.4, -0.2) is 28.2 Å². The molecule has 6 heteroatoms. The number of nitrogens with zero attached hydrogens (tertiary/aromatic N) is 5. The highest BCUT2D eigenvalue weighted by atomic mass is 16.5. The Bertz CT molecular complexity index is 1600. The number of pyridine rings is 1. The Kier molecular flexibility index (Phi) is 4.67. The third-order valence-corrected chi connectivity index (χ3v) is 5.97. The Balaban J connectivity index is 1.45. The molecule has 2 aromatic heterocycles. The largest absolute Gasteiger partial charge is 0.459 e. The number of ether oxygens (including phenoxy) is 1. The molecule has 6 nitrogen and oxygen atoms in total. The van der Waals surface area contributed by atoms with Crippen LogP contribution in [0.2, 0.25) is 0 Å². The number of hydrogen-bond donors (Lipinski definition) is 0. The fourth-order valence-corrected chi connectivity index (χ4v) is 4.44. The number of anilines is 1. The number of benzene rings is 3. The van der Waals surface area contributed by atoms with Gasteiger partial charge in [0.25, 0.3) is 0 Å². The second-order valence-corrected chi connectivity index (χ2v) is 8.28. The molecular formula is C28H21N5O. The lowest BCUT2D eigenvalue weighted by atomic mass is 10.1. The van der Waals surface area contributed by atoms with E-state index in [0.717, 1.165) is 40.0 Å². The summed E-state index contributed by atoms with van der Waals surface area (Å²) < 4.78 is 8.46. The van der Waals surface area contributed by atoms with Gasteiger partial charge < -0.3 is 14.5 Å². The van der Waals surface area contributed by atoms with Crippen molar-refractivity contribution in [3.05, 3.63) is 109 Å². The van der Waals surface area contributed by atoms with Crippen molar-refractivity contribution in [2.24, 2.45) is 0 Å². The highest BCUT2D eigenvalue weighted by Gasteiger charge is 2.16. The highest BCUT2D eigenvalue weighted by molar-refractivity contribution is 6.09. The van der Waals surface area contributed by atoms with Crippen LogP contribution in [0.5, 0.6) is 11.5 Å². The molecule has 6 rings (SSSR count). The van der Waals surface area contributed by atoms with Gasteiger partial charge in [-0.15, -0.1) is 0 Å². The van der Waals surface area contributed by atoms with E-state index in [9.17, 15) is 0 Å². The second kappa shape index (κ2) is 7.98. The zero-order valence-electron chi connectivity index (χ0n) is 18.6. The zero-order valence-corrected chi connectivity index (χ0v) is 18.6. The molecule has 0 atom stereocenters. The summed E-state index contributed by atoms with van der Waals surface area (Å²) in [5.74, 6) is 2.19. The van der Waals surface area contributed by atoms with E-state index in [-0.39, 0.29) is 0 Å². The van der Waals surface area contributed by atoms with Crippen LogP contribution in [0.25, 0.3) is 32.5 Å². The van der Waals surface area contributed by atoms with Crippen LogP contribution in [0.1, 0.15) is 0 Å². The molecule has 0 N–H and O–H groups in total. The Hall–Kier alpha value is -4.76. The van der Waals surface area contributed by atoms with Crippen molar-refractivity contribution in [3.8, 4) is 17.3 Å². The predicted molar refractivity (Wildman–Crippen MR) is 136 cm³/mol. The van der Waals surface area contributed by atoms with Gasteiger partial charge in [-0.05, 0) is 42.5 Å². The van der Waals surface area contributed by atoms with E-state index in [0.29, 0.717) is 17.2 Å². The van der Waals surface area contributed by atoms with Crippen LogP contribution in [-0.2, 0) is 0 Å². The van der Waals surface area contributed by atoms with Crippen LogP contribution in [0.15, 0.2) is 97.5 Å². The highest BCUT2D eigenvalue weighted by Crippen LogP contribution is 2.37. The maximum absolute atomic E-state index is 7.53. The monoisotopic (exact) mass is 443 g/mol. The SMILES string of the molecule is [C-]#[N+]c1cc(Oc2ccc3c4ccccc4n(-c4ccccn4)c3c2)cc(N2C=CN(C)C2)c1. The lowest BCUT2D eigenvalue weighted by molar-refractivity contribution is 0.481. The molecule has 0 bridgehead atoms. The molecule has 5 aromatic rings. The molecule has 3 aromatic carbocycles. The lowest BCUT2D eigenvalue weighted by Gasteiger charge is -2.19. The summed E-state index contributed by atoms with van der Waals surface area (Å²) in [4.78, 5) is 12.4. The average molecular weight is 444 g/mol. The Morgan fingerprint density at radius 1 is 0.853 bits per heavy atom. The number of hydrogen-bond acceptors (Lipinski definition) is 4. The van der Waals surface area contributed by atoms with Crippen molar-refractivity contribution in [2.45, 2.75) is 0 Å². The van der Waals surface area contributed by atoms with Gasteiger partial charge in [-0.2, -0.15) is 0 Å². The number of rotatable bonds is 4. The normalized spacial score (nSPS) is 13.1. The van der Waals surface area contributed by atoms with Gasteiger partial charge >= 0.3 is 0 Å². The first kappa shape index (κ1) is 19.9. The number of para-hydroxylation sites is 1. The van der Waals surface area contributed by atoms with Crippen LogP contribution in [0, 0.1) is 6.57 Å². The number of aromatic nitrogens is 2. The average Bonchev–Trinajstić information content (AvgIpc) is 3.45. The van der Waals surface area contributed by atoms with Gasteiger partial charge in [-0.3, -0.25) is 4.57 Å². The summed E-state index contributed by atoms with van der Waals surface area (Å²) in [6.45, 7) is 8.27. The summed E-state index contributed by atoms with van der Waals surface area (Å²) in [5.41, 5.74) is 3.57. The van der Waals surface area contributed by atoms with E-state index in [4.69, 9.17) is 11.3 Å². The van der Waals surface area contributed by atoms with Gasteiger partial charge in [0, 0.05) is 54.2 Å². The third-order valence-electron chi connectivity index (χ3n) is 5.97. The summed E-state index contributed by atoms with van der Waals surface area (Å²) >= 11 is 0. The molecule has 0 fully saturated rings. The fraction of sp³-hybridized carbons (Fsp3) is 0.0714. The Labute approximate surface area is 197 Å². The van der Waals surface area contributed by atoms with E-state index in [1.807, 2.05) is 68.0 Å². The molecular weight excluding hydrogens is 422 g/mol. The first-order valence-corrected chi connectivity index (χ1v) is 11.0. The van der Waals surface area contributed by atoms with E-state index in [1.165, 1.54) is 0 Å². The number of fused-ring (bicyclic) bond motifs is 3. The van der Waals surface area contributed by atoms with Crippen LogP contribution in [0.3, 0.4) is 0 Å². The van der Waals surface area contributed by atoms with Crippen LogP contribution in [0.4, 0.5) is 11.4 Å². The molecule has 0 spiro atoms. The molecule has 34 heavy (non-hydrogen) atoms. The summed E-state index contributed by atoms with van der Waals surface area (Å²) in [7, 11) is 2.02. The maximum atomic E-state index is 7.53. The molecule has 0 amide bonds. The predicted octanol–water partition coefficient (Wildman–Crippen LogP) is 6.70. The Morgan fingerprint density at radius 3 is 2.50 bits per heavy atom. The van der Waals surface area contributed by atoms with Crippen molar-refractivity contribution in [1.29, 1.82) is 0 Å². The smallest absolute Gasteiger partial charge is 0.192 e. The summed E-state index contributed by atoms with van der Waals surface area (Å²) in [6, 6.07) is 26.0. The molecule has 0 radical (unpaired) electrons. The lowest BCUT2D eigenvalue weighted by Crippen LogP contribution is -2.21. The van der Waals surface area contributed by atoms with Crippen LogP contribution < -0.4 is 9.64 Å². The molecule has 1 aliphatic heterocycles. The fourth-order valence-electron chi connectivity index (χ4n) is 4.44. The maximum Gasteiger partial charge on any atom is 0.192 e. The molecule has 0 saturated carbocycles. The summed E-state index contributed by atoms with van der Waals surface area (Å²) in [5, 5.41) is 2.30. The van der Waals surface area contributed by atoms with E-state index in [2.05, 4.69) is 48.5 Å². The standard InChI is InChI=1S/C28H21N5O/c1-29-20-15-21(32-14-13-31(2)19-32)17-23(16-20)34-22-10-11-25-24-7-3-4-8-26(24)33(27(25)18-22)28-9-5-6-12-30-28/h3-18H,19H2,2H3. The van der Waals surface area contributed by atoms with Gasteiger partial charge in [0.2, 0.25) is 0 Å². The first-order chi connectivity index (χ1) is 16.7. The minimum absolute atomic E-state index is 0.541. The molecule has 0 unspecified atom stereocenters. The molecule has 1 aliphatic rings. The Morgan fingerprint density at radius 2 is 1.71 bits per heavy atom. The van der Waals surface area contributed by atoms with Gasteiger partial charge in [0.1, 0.15) is 17.3 Å². The zero-order chi connectivity index (χ0) is 23.1. The minimum Gasteiger partial charge on any atom is -0.459 e. The van der Waals surface area contributed by atoms with Crippen molar-refractivity contribution in [1.82, 2.24) is 14.5 Å². The topological polar surface area (TPSA) is 37.9 Å². The van der Waals surface area contributed by atoms with E-state index >= 15 is 0 Å². The van der Waals surface area contributed by atoms with Crippen LogP contribution >= 0.6 is 0 Å². The minimum atomic E-state index is 0.541. The first-order valence-electron chi connectivity index (χ1n) is 11.0. The van der Waals surface area contributed by atoms with Crippen molar-refractivity contribution in [3.63, 3.8) is 0 Å². The van der Waals surface area contributed by atoms with E-state index in [1.54, 1.807) is 12.3 Å². The van der Waals surface area contributed by atoms with Crippen molar-refractivity contribution < 1.29 is 4.74 Å².